The molecule has 2 aliphatic carbocycles. The number of amides is 1. The van der Waals surface area contributed by atoms with E-state index in [2.05, 4.69) is 131 Å². The fourth-order valence-electron chi connectivity index (χ4n) is 6.45. The quantitative estimate of drug-likeness (QED) is 0.200. The van der Waals surface area contributed by atoms with Crippen LogP contribution in [0.4, 0.5) is 5.69 Å². The van der Waals surface area contributed by atoms with E-state index in [1.54, 1.807) is 6.92 Å². The van der Waals surface area contributed by atoms with E-state index in [0.717, 1.165) is 11.3 Å². The average molecular weight is 540 g/mol. The molecule has 4 aromatic carbocycles. The topological polar surface area (TPSA) is 29.1 Å². The van der Waals surface area contributed by atoms with Gasteiger partial charge in [-0.15, -0.1) is 5.54 Å². The number of nitrogens with one attached hydrogen (secondary N) is 1. The van der Waals surface area contributed by atoms with Gasteiger partial charge in [-0.05, 0) is 92.0 Å². The van der Waals surface area contributed by atoms with Crippen molar-refractivity contribution in [2.24, 2.45) is 0 Å². The number of hydrogen-bond acceptors (Lipinski definition) is 1. The molecule has 0 aliphatic heterocycles. The molecular weight excluding hydrogens is 502 g/mol. The molecule has 6 rings (SSSR count). The van der Waals surface area contributed by atoms with Crippen molar-refractivity contribution in [3.8, 4) is 44.8 Å². The van der Waals surface area contributed by atoms with Gasteiger partial charge < -0.3 is 5.32 Å². The first-order chi connectivity index (χ1) is 18.8. The van der Waals surface area contributed by atoms with Crippen molar-refractivity contribution < 1.29 is 4.79 Å². The predicted molar refractivity (Wildman–Crippen MR) is 172 cm³/mol. The number of hydrogen-bond donors (Lipinski definition) is 1. The molecule has 0 unspecified atom stereocenters. The molecule has 0 fully saturated rings. The maximum atomic E-state index is 11.7. The largest absolute Gasteiger partial charge is 0.326 e. The van der Waals surface area contributed by atoms with Crippen LogP contribution in [0.5, 0.6) is 0 Å². The van der Waals surface area contributed by atoms with E-state index in [1.165, 1.54) is 55.6 Å². The van der Waals surface area contributed by atoms with Gasteiger partial charge in [0.2, 0.25) is 5.91 Å². The Labute approximate surface area is 239 Å². The third-order valence-electron chi connectivity index (χ3n) is 8.59. The normalized spacial score (nSPS) is 15.3. The number of carbonyl (C=O) groups is 1. The first kappa shape index (κ1) is 26.4. The van der Waals surface area contributed by atoms with Crippen molar-refractivity contribution in [1.29, 1.82) is 0 Å². The minimum atomic E-state index is -1.44. The highest BCUT2D eigenvalue weighted by molar-refractivity contribution is 6.83. The van der Waals surface area contributed by atoms with Gasteiger partial charge >= 0.3 is 0 Å². The maximum Gasteiger partial charge on any atom is 0.221 e. The van der Waals surface area contributed by atoms with Crippen LogP contribution in [0, 0.1) is 11.5 Å². The van der Waals surface area contributed by atoms with Crippen LogP contribution >= 0.6 is 0 Å². The summed E-state index contributed by atoms with van der Waals surface area (Å²) in [5.41, 5.74) is 18.2. The summed E-state index contributed by atoms with van der Waals surface area (Å²) in [4.78, 5) is 11.7. The summed E-state index contributed by atoms with van der Waals surface area (Å²) < 4.78 is 0. The molecular formula is C37H37NOSi. The van der Waals surface area contributed by atoms with E-state index < -0.39 is 8.07 Å². The highest BCUT2D eigenvalue weighted by Gasteiger charge is 2.37. The van der Waals surface area contributed by atoms with E-state index in [0.29, 0.717) is 0 Å². The van der Waals surface area contributed by atoms with Gasteiger partial charge in [0.05, 0.1) is 0 Å². The molecule has 2 aliphatic rings. The maximum absolute atomic E-state index is 11.7. The number of fused-ring (bicyclic) bond motifs is 6. The fraction of sp³-hybridized carbons (Fsp3) is 0.270. The zero-order chi connectivity index (χ0) is 28.6. The average Bonchev–Trinajstić information content (AvgIpc) is 3.25. The van der Waals surface area contributed by atoms with Crippen LogP contribution in [0.2, 0.25) is 19.6 Å². The van der Waals surface area contributed by atoms with Crippen molar-refractivity contribution in [2.45, 2.75) is 65.1 Å². The standard InChI is InChI=1S/C37H37NOSi/c1-23(39)38-27-12-16-31-30-15-11-26(21-34(30)37(4,5)35(31)22-27)25-10-14-29-28-13-9-24(17-18-40(6,7)8)19-32(28)36(2,3)33(29)20-25/h9-16,19-22H,1-8H3,(H,38,39). The smallest absolute Gasteiger partial charge is 0.221 e. The lowest BCUT2D eigenvalue weighted by atomic mass is 9.80. The van der Waals surface area contributed by atoms with Gasteiger partial charge in [0, 0.05) is 29.0 Å². The SMILES string of the molecule is CC(=O)Nc1ccc2c(c1)C(C)(C)c1cc(-c3ccc4c(c3)C(C)(C)c3cc(C#C[Si](C)(C)C)ccc3-4)ccc1-2. The molecule has 40 heavy (non-hydrogen) atoms. The molecule has 0 heterocycles. The van der Waals surface area contributed by atoms with Crippen molar-refractivity contribution >= 4 is 19.7 Å². The van der Waals surface area contributed by atoms with Crippen LogP contribution in [-0.2, 0) is 15.6 Å². The molecule has 1 N–H and O–H groups in total. The highest BCUT2D eigenvalue weighted by Crippen LogP contribution is 2.52. The second kappa shape index (κ2) is 8.81. The first-order valence-electron chi connectivity index (χ1n) is 14.2. The highest BCUT2D eigenvalue weighted by atomic mass is 28.3. The molecule has 200 valence electrons. The van der Waals surface area contributed by atoms with Crippen LogP contribution in [0.1, 0.15) is 62.4 Å². The number of benzene rings is 4. The third-order valence-corrected chi connectivity index (χ3v) is 9.46. The molecule has 0 spiro atoms. The molecule has 0 radical (unpaired) electrons. The molecule has 0 bridgehead atoms. The lowest BCUT2D eigenvalue weighted by Crippen LogP contribution is -2.16. The Morgan fingerprint density at radius 2 is 1.10 bits per heavy atom. The summed E-state index contributed by atoms with van der Waals surface area (Å²) in [6.07, 6.45) is 0. The van der Waals surface area contributed by atoms with Gasteiger partial charge in [-0.25, -0.2) is 0 Å². The summed E-state index contributed by atoms with van der Waals surface area (Å²) in [5, 5.41) is 2.95. The Balaban J connectivity index is 1.39. The van der Waals surface area contributed by atoms with Gasteiger partial charge in [-0.3, -0.25) is 4.79 Å². The summed E-state index contributed by atoms with van der Waals surface area (Å²) in [6, 6.07) is 26.9. The summed E-state index contributed by atoms with van der Waals surface area (Å²) >= 11 is 0. The Bertz CT molecular complexity index is 1790. The molecule has 1 amide bonds. The second-order valence-corrected chi connectivity index (χ2v) is 18.2. The van der Waals surface area contributed by atoms with Crippen LogP contribution in [0.25, 0.3) is 33.4 Å². The molecule has 3 heteroatoms. The minimum Gasteiger partial charge on any atom is -0.326 e. The number of carbonyl (C=O) groups excluding carboxylic acids is 1. The Morgan fingerprint density at radius 3 is 1.60 bits per heavy atom. The van der Waals surface area contributed by atoms with Crippen molar-refractivity contribution in [3.63, 3.8) is 0 Å². The zero-order valence-corrected chi connectivity index (χ0v) is 25.8. The Hall–Kier alpha value is -3.87. The molecule has 2 nitrogen and oxygen atoms in total. The Kier molecular flexibility index (Phi) is 5.81. The van der Waals surface area contributed by atoms with Crippen molar-refractivity contribution in [2.75, 3.05) is 5.32 Å². The van der Waals surface area contributed by atoms with E-state index in [9.17, 15) is 4.79 Å². The molecule has 0 saturated carbocycles. The number of rotatable bonds is 2. The number of anilines is 1. The van der Waals surface area contributed by atoms with E-state index >= 15 is 0 Å². The fourth-order valence-corrected chi connectivity index (χ4v) is 6.97. The molecule has 0 atom stereocenters. The lowest BCUT2D eigenvalue weighted by Gasteiger charge is -2.23. The predicted octanol–water partition coefficient (Wildman–Crippen LogP) is 9.15. The first-order valence-corrected chi connectivity index (χ1v) is 17.7. The van der Waals surface area contributed by atoms with E-state index in [1.807, 2.05) is 6.07 Å². The van der Waals surface area contributed by atoms with Gasteiger partial charge in [-0.1, -0.05) is 89.7 Å². The summed E-state index contributed by atoms with van der Waals surface area (Å²) in [7, 11) is -1.44. The van der Waals surface area contributed by atoms with Crippen molar-refractivity contribution in [1.82, 2.24) is 0 Å². The second-order valence-electron chi connectivity index (χ2n) is 13.5. The Morgan fingerprint density at radius 1 is 0.650 bits per heavy atom. The minimum absolute atomic E-state index is 0.0482. The monoisotopic (exact) mass is 539 g/mol. The molecule has 4 aromatic rings. The van der Waals surface area contributed by atoms with Crippen LogP contribution < -0.4 is 5.32 Å². The summed E-state index contributed by atoms with van der Waals surface area (Å²) in [6.45, 7) is 17.7. The van der Waals surface area contributed by atoms with Gasteiger partial charge in [0.1, 0.15) is 8.07 Å². The molecule has 0 aromatic heterocycles. The summed E-state index contributed by atoms with van der Waals surface area (Å²) in [5.74, 6) is 3.41. The van der Waals surface area contributed by atoms with E-state index in [-0.39, 0.29) is 16.7 Å². The zero-order valence-electron chi connectivity index (χ0n) is 24.8. The van der Waals surface area contributed by atoms with Crippen molar-refractivity contribution in [3.05, 3.63) is 101 Å². The van der Waals surface area contributed by atoms with Crippen LogP contribution in [0.15, 0.2) is 72.8 Å². The lowest BCUT2D eigenvalue weighted by molar-refractivity contribution is -0.114. The van der Waals surface area contributed by atoms with Gasteiger partial charge in [0.15, 0.2) is 0 Å². The molecule has 0 saturated heterocycles. The van der Waals surface area contributed by atoms with E-state index in [4.69, 9.17) is 0 Å². The third kappa shape index (κ3) is 4.23. The van der Waals surface area contributed by atoms with Gasteiger partial charge in [-0.2, -0.15) is 0 Å². The van der Waals surface area contributed by atoms with Gasteiger partial charge in [0.25, 0.3) is 0 Å². The van der Waals surface area contributed by atoms with Crippen LogP contribution in [-0.4, -0.2) is 14.0 Å². The van der Waals surface area contributed by atoms with Crippen LogP contribution in [0.3, 0.4) is 0 Å².